The molecule has 1 saturated carbocycles. The zero-order chi connectivity index (χ0) is 32.4. The van der Waals surface area contributed by atoms with Crippen LogP contribution in [0.25, 0.3) is 17.0 Å². The normalized spacial score (nSPS) is 21.1. The molecule has 3 amide bonds. The number of fused-ring (bicyclic) bond motifs is 1. The lowest BCUT2D eigenvalue weighted by atomic mass is 9.98. The van der Waals surface area contributed by atoms with Crippen molar-refractivity contribution in [2.45, 2.75) is 44.4 Å². The molecule has 2 saturated heterocycles. The van der Waals surface area contributed by atoms with Gasteiger partial charge in [0.05, 0.1) is 24.6 Å². The molecule has 3 aliphatic rings. The third kappa shape index (κ3) is 7.36. The van der Waals surface area contributed by atoms with Crippen molar-refractivity contribution in [1.29, 1.82) is 0 Å². The number of hydrogen-bond acceptors (Lipinski definition) is 6. The van der Waals surface area contributed by atoms with Crippen molar-refractivity contribution >= 4 is 40.4 Å². The van der Waals surface area contributed by atoms with E-state index in [9.17, 15) is 23.2 Å². The first-order chi connectivity index (χ1) is 22.1. The summed E-state index contributed by atoms with van der Waals surface area (Å²) >= 11 is 0. The maximum atomic E-state index is 14.7. The van der Waals surface area contributed by atoms with E-state index in [2.05, 4.69) is 62.8 Å². The lowest BCUT2D eigenvalue weighted by Crippen LogP contribution is -2.49. The maximum absolute atomic E-state index is 14.7. The van der Waals surface area contributed by atoms with E-state index in [0.29, 0.717) is 16.8 Å². The summed E-state index contributed by atoms with van der Waals surface area (Å²) < 4.78 is 28.2. The van der Waals surface area contributed by atoms with Crippen molar-refractivity contribution in [3.05, 3.63) is 77.2 Å². The minimum Gasteiger partial charge on any atom is -0.369 e. The molecule has 2 aromatic carbocycles. The van der Waals surface area contributed by atoms with Gasteiger partial charge in [-0.2, -0.15) is 0 Å². The molecule has 2 aliphatic heterocycles. The van der Waals surface area contributed by atoms with Crippen molar-refractivity contribution < 1.29 is 23.2 Å². The molecule has 1 aliphatic carbocycles. The molecule has 0 bridgehead atoms. The minimum atomic E-state index is -1.36. The van der Waals surface area contributed by atoms with Crippen LogP contribution in [-0.2, 0) is 9.59 Å². The number of likely N-dealkylation sites (tertiary alicyclic amines) is 1. The Labute approximate surface area is 267 Å². The number of carbonyl (C=O) groups excluding carboxylic acids is 3. The van der Waals surface area contributed by atoms with E-state index in [-0.39, 0.29) is 24.7 Å². The number of alkyl halides is 1. The number of halogens is 2. The summed E-state index contributed by atoms with van der Waals surface area (Å²) in [5.74, 6) is -1.41. The first-order valence-electron chi connectivity index (χ1n) is 16.0. The molecular weight excluding hydrogens is 590 g/mol. The van der Waals surface area contributed by atoms with E-state index >= 15 is 0 Å². The highest BCUT2D eigenvalue weighted by Crippen LogP contribution is 2.33. The molecule has 242 valence electrons. The number of piperazine rings is 1. The molecule has 3 atom stereocenters. The highest BCUT2D eigenvalue weighted by Gasteiger charge is 2.40. The number of anilines is 1. The molecule has 1 aromatic heterocycles. The van der Waals surface area contributed by atoms with E-state index in [0.717, 1.165) is 43.0 Å². The van der Waals surface area contributed by atoms with E-state index in [1.165, 1.54) is 42.0 Å². The predicted octanol–water partition coefficient (Wildman–Crippen LogP) is 4.10. The van der Waals surface area contributed by atoms with Gasteiger partial charge in [-0.15, -0.1) is 0 Å². The fourth-order valence-corrected chi connectivity index (χ4v) is 6.15. The molecule has 6 rings (SSSR count). The average molecular weight is 631 g/mol. The van der Waals surface area contributed by atoms with Gasteiger partial charge in [0.25, 0.3) is 5.91 Å². The Bertz CT molecular complexity index is 1650. The molecule has 0 spiro atoms. The van der Waals surface area contributed by atoms with Crippen LogP contribution in [0.4, 0.5) is 14.5 Å². The second-order valence-electron chi connectivity index (χ2n) is 12.6. The quantitative estimate of drug-likeness (QED) is 0.370. The second kappa shape index (κ2) is 13.5. The number of likely N-dealkylation sites (N-methyl/N-ethyl adjacent to an activating group) is 1. The third-order valence-electron chi connectivity index (χ3n) is 9.09. The Morgan fingerprint density at radius 2 is 1.83 bits per heavy atom. The van der Waals surface area contributed by atoms with Gasteiger partial charge in [-0.05, 0) is 80.3 Å². The zero-order valence-electron chi connectivity index (χ0n) is 26.2. The van der Waals surface area contributed by atoms with Crippen molar-refractivity contribution in [3.8, 4) is 0 Å². The zero-order valence-corrected chi connectivity index (χ0v) is 26.2. The Morgan fingerprint density at radius 1 is 1.04 bits per heavy atom. The van der Waals surface area contributed by atoms with Crippen LogP contribution in [0.2, 0.25) is 0 Å². The van der Waals surface area contributed by atoms with Gasteiger partial charge in [0.15, 0.2) is 0 Å². The number of hydrogen-bond donors (Lipinski definition) is 2. The molecule has 0 radical (unpaired) electrons. The fraction of sp³-hybridized carbons (Fsp3) is 0.429. The standard InChI is InChI=1S/C35H40F2N6O3/c1-22(29-19-28(42-15-13-41(2)14-16-42)10-7-24(29)6-5-23-3-4-23)39-35(46)32-18-27(37)21-43(32)33(44)20-38-34(45)31-11-8-25-17-26(36)9-12-30(25)40-31/h5-12,17,19,22-23,27,32H,3-4,13-16,18,20-21H2,1-2H3,(H,38,45)(H,39,46)/b6-5+/t22-,27+,32-/m0/s1. The van der Waals surface area contributed by atoms with Gasteiger partial charge in [0.1, 0.15) is 23.7 Å². The number of amides is 3. The molecule has 0 unspecified atom stereocenters. The molecule has 3 fully saturated rings. The van der Waals surface area contributed by atoms with Crippen molar-refractivity contribution in [1.82, 2.24) is 25.4 Å². The maximum Gasteiger partial charge on any atom is 0.270 e. The van der Waals surface area contributed by atoms with Gasteiger partial charge in [-0.1, -0.05) is 24.3 Å². The molecule has 3 aromatic rings. The lowest BCUT2D eigenvalue weighted by molar-refractivity contribution is -0.138. The van der Waals surface area contributed by atoms with Crippen LogP contribution in [0.3, 0.4) is 0 Å². The number of rotatable bonds is 9. The lowest BCUT2D eigenvalue weighted by Gasteiger charge is -2.34. The Kier molecular flexibility index (Phi) is 9.30. The van der Waals surface area contributed by atoms with Crippen LogP contribution in [-0.4, -0.2) is 91.0 Å². The summed E-state index contributed by atoms with van der Waals surface area (Å²) in [4.78, 5) is 49.6. The summed E-state index contributed by atoms with van der Waals surface area (Å²) in [5, 5.41) is 6.12. The van der Waals surface area contributed by atoms with Gasteiger partial charge in [-0.3, -0.25) is 14.4 Å². The van der Waals surface area contributed by atoms with Crippen LogP contribution in [0.1, 0.15) is 53.8 Å². The smallest absolute Gasteiger partial charge is 0.270 e. The van der Waals surface area contributed by atoms with Gasteiger partial charge in [-0.25, -0.2) is 13.8 Å². The van der Waals surface area contributed by atoms with Gasteiger partial charge in [0.2, 0.25) is 11.8 Å². The summed E-state index contributed by atoms with van der Waals surface area (Å²) in [5.41, 5.74) is 3.58. The van der Waals surface area contributed by atoms with Gasteiger partial charge in [0, 0.05) is 43.7 Å². The summed E-state index contributed by atoms with van der Waals surface area (Å²) in [6.07, 6.45) is 5.25. The highest BCUT2D eigenvalue weighted by molar-refractivity contribution is 5.97. The topological polar surface area (TPSA) is 97.9 Å². The SMILES string of the molecule is C[C@H](NC(=O)[C@@H]1C[C@@H](F)CN1C(=O)CNC(=O)c1ccc2cc(F)ccc2n1)c1cc(N2CCN(C)CC2)ccc1/C=C/C1CC1. The monoisotopic (exact) mass is 630 g/mol. The van der Waals surface area contributed by atoms with E-state index < -0.39 is 42.3 Å². The van der Waals surface area contributed by atoms with E-state index in [1.807, 2.05) is 6.92 Å². The first kappa shape index (κ1) is 31.6. The summed E-state index contributed by atoms with van der Waals surface area (Å²) in [7, 11) is 2.12. The molecule has 3 heterocycles. The van der Waals surface area contributed by atoms with Gasteiger partial charge < -0.3 is 25.3 Å². The van der Waals surface area contributed by atoms with Crippen LogP contribution in [0.5, 0.6) is 0 Å². The second-order valence-corrected chi connectivity index (χ2v) is 12.6. The van der Waals surface area contributed by atoms with E-state index in [1.54, 1.807) is 6.07 Å². The Balaban J connectivity index is 1.12. The molecule has 46 heavy (non-hydrogen) atoms. The molecular formula is C35H40F2N6O3. The average Bonchev–Trinajstić information content (AvgIpc) is 3.80. The van der Waals surface area contributed by atoms with Crippen molar-refractivity contribution in [3.63, 3.8) is 0 Å². The van der Waals surface area contributed by atoms with Crippen molar-refractivity contribution in [2.75, 3.05) is 51.2 Å². The third-order valence-corrected chi connectivity index (χ3v) is 9.09. The summed E-state index contributed by atoms with van der Waals surface area (Å²) in [6.45, 7) is 5.04. The minimum absolute atomic E-state index is 0.0603. The number of aromatic nitrogens is 1. The number of carbonyl (C=O) groups is 3. The first-order valence-corrected chi connectivity index (χ1v) is 16.0. The Hall–Kier alpha value is -4.38. The number of nitrogens with one attached hydrogen (secondary N) is 2. The highest BCUT2D eigenvalue weighted by atomic mass is 19.1. The Morgan fingerprint density at radius 3 is 2.59 bits per heavy atom. The molecule has 11 heteroatoms. The molecule has 9 nitrogen and oxygen atoms in total. The van der Waals surface area contributed by atoms with E-state index in [4.69, 9.17) is 0 Å². The van der Waals surface area contributed by atoms with Crippen LogP contribution >= 0.6 is 0 Å². The van der Waals surface area contributed by atoms with Crippen LogP contribution < -0.4 is 15.5 Å². The summed E-state index contributed by atoms with van der Waals surface area (Å²) in [6, 6.07) is 12.0. The van der Waals surface area contributed by atoms with Gasteiger partial charge >= 0.3 is 0 Å². The largest absolute Gasteiger partial charge is 0.369 e. The van der Waals surface area contributed by atoms with Crippen molar-refractivity contribution in [2.24, 2.45) is 5.92 Å². The fourth-order valence-electron chi connectivity index (χ4n) is 6.15. The molecule has 2 N–H and O–H groups in total. The van der Waals surface area contributed by atoms with Crippen LogP contribution in [0.15, 0.2) is 54.6 Å². The predicted molar refractivity (Wildman–Crippen MR) is 174 cm³/mol. The number of allylic oxidation sites excluding steroid dienone is 1. The number of nitrogens with zero attached hydrogens (tertiary/aromatic N) is 4. The number of pyridine rings is 1. The van der Waals surface area contributed by atoms with Crippen LogP contribution in [0, 0.1) is 11.7 Å². The number of benzene rings is 2.